The Balaban J connectivity index is 1.74. The number of pyridine rings is 2. The summed E-state index contributed by atoms with van der Waals surface area (Å²) in [6.07, 6.45) is 6.37. The van der Waals surface area contributed by atoms with E-state index in [1.807, 2.05) is 60.7 Å². The molecule has 3 unspecified atom stereocenters. The number of nitrogens with two attached hydrogens (primary N) is 1. The Labute approximate surface area is 217 Å². The average Bonchev–Trinajstić information content (AvgIpc) is 2.97. The zero-order chi connectivity index (χ0) is 26.1. The molecule has 37 heavy (non-hydrogen) atoms. The third-order valence-corrected chi connectivity index (χ3v) is 6.67. The summed E-state index contributed by atoms with van der Waals surface area (Å²) in [5, 5.41) is 26.2. The average molecular weight is 497 g/mol. The monoisotopic (exact) mass is 496 g/mol. The van der Waals surface area contributed by atoms with E-state index in [4.69, 9.17) is 5.73 Å². The number of hydrogen-bond acceptors (Lipinski definition) is 6. The lowest BCUT2D eigenvalue weighted by Crippen LogP contribution is -2.49. The van der Waals surface area contributed by atoms with Crippen molar-refractivity contribution in [1.82, 2.24) is 15.3 Å². The molecule has 7 heteroatoms. The quantitative estimate of drug-likeness (QED) is 0.253. The van der Waals surface area contributed by atoms with Crippen molar-refractivity contribution in [3.05, 3.63) is 132 Å². The van der Waals surface area contributed by atoms with Gasteiger partial charge in [0.05, 0.1) is 18.1 Å². The van der Waals surface area contributed by atoms with Crippen LogP contribution in [0.2, 0.25) is 0 Å². The minimum Gasteiger partial charge on any atom is -0.391 e. The van der Waals surface area contributed by atoms with Gasteiger partial charge in [0.1, 0.15) is 5.60 Å². The van der Waals surface area contributed by atoms with Crippen molar-refractivity contribution in [2.24, 2.45) is 11.7 Å². The Morgan fingerprint density at radius 3 is 1.95 bits per heavy atom. The highest BCUT2D eigenvalue weighted by Gasteiger charge is 2.44. The van der Waals surface area contributed by atoms with Crippen LogP contribution in [0.25, 0.3) is 0 Å². The normalized spacial score (nSPS) is 13.9. The van der Waals surface area contributed by atoms with E-state index in [0.717, 1.165) is 5.56 Å². The van der Waals surface area contributed by atoms with Crippen LogP contribution in [-0.2, 0) is 16.8 Å². The van der Waals surface area contributed by atoms with E-state index in [9.17, 15) is 15.0 Å². The summed E-state index contributed by atoms with van der Waals surface area (Å²) in [4.78, 5) is 22.2. The number of aliphatic hydroxyl groups is 2. The molecular formula is C30H32N4O3. The molecule has 0 saturated heterocycles. The molecule has 0 radical (unpaired) electrons. The maximum Gasteiger partial charge on any atom is 0.226 e. The topological polar surface area (TPSA) is 121 Å². The molecule has 1 amide bonds. The van der Waals surface area contributed by atoms with Crippen molar-refractivity contribution in [2.45, 2.75) is 30.6 Å². The minimum atomic E-state index is -1.70. The number of nitrogens with one attached hydrogen (secondary N) is 1. The van der Waals surface area contributed by atoms with Crippen LogP contribution in [0.3, 0.4) is 0 Å². The zero-order valence-corrected chi connectivity index (χ0v) is 20.5. The molecule has 2 aromatic carbocycles. The van der Waals surface area contributed by atoms with Gasteiger partial charge in [0.2, 0.25) is 5.91 Å². The number of carbonyl (C=O) groups excluding carboxylic acids is 1. The fourth-order valence-electron chi connectivity index (χ4n) is 4.63. The molecule has 5 N–H and O–H groups in total. The van der Waals surface area contributed by atoms with E-state index < -0.39 is 29.6 Å². The third-order valence-electron chi connectivity index (χ3n) is 6.67. The first-order valence-corrected chi connectivity index (χ1v) is 12.3. The maximum absolute atomic E-state index is 13.8. The highest BCUT2D eigenvalue weighted by molar-refractivity contribution is 5.80. The second-order valence-corrected chi connectivity index (χ2v) is 9.04. The van der Waals surface area contributed by atoms with Gasteiger partial charge in [-0.15, -0.1) is 0 Å². The van der Waals surface area contributed by atoms with Gasteiger partial charge in [-0.25, -0.2) is 0 Å². The molecule has 0 bridgehead atoms. The maximum atomic E-state index is 13.8. The molecule has 4 aromatic rings. The Morgan fingerprint density at radius 1 is 0.865 bits per heavy atom. The number of aliphatic hydroxyl groups excluding tert-OH is 1. The fraction of sp³-hybridized carbons (Fsp3) is 0.233. The van der Waals surface area contributed by atoms with Crippen LogP contribution in [0.5, 0.6) is 0 Å². The van der Waals surface area contributed by atoms with Gasteiger partial charge < -0.3 is 21.3 Å². The van der Waals surface area contributed by atoms with Crippen molar-refractivity contribution in [1.29, 1.82) is 0 Å². The Kier molecular flexibility index (Phi) is 8.74. The van der Waals surface area contributed by atoms with Gasteiger partial charge in [0.25, 0.3) is 0 Å². The van der Waals surface area contributed by atoms with E-state index in [2.05, 4.69) is 15.3 Å². The largest absolute Gasteiger partial charge is 0.391 e. The van der Waals surface area contributed by atoms with Crippen molar-refractivity contribution in [3.8, 4) is 0 Å². The number of amides is 1. The summed E-state index contributed by atoms with van der Waals surface area (Å²) >= 11 is 0. The van der Waals surface area contributed by atoms with Crippen LogP contribution in [-0.4, -0.2) is 38.7 Å². The standard InChI is InChI=1S/C30H32N4O3/c31-19-27(35)26(16-15-22-9-3-1-4-10-22)29(36)34-28(23-11-5-2-6-12-23)30(37,24-13-7-17-32-20-24)25-14-8-18-33-21-25/h1-14,17-18,20-21,26-28,35,37H,15-16,19,31H2,(H,34,36). The molecule has 0 saturated carbocycles. The van der Waals surface area contributed by atoms with Crippen LogP contribution in [0.4, 0.5) is 0 Å². The van der Waals surface area contributed by atoms with Gasteiger partial charge in [-0.1, -0.05) is 72.8 Å². The minimum absolute atomic E-state index is 0.0572. The van der Waals surface area contributed by atoms with Gasteiger partial charge in [0, 0.05) is 42.5 Å². The van der Waals surface area contributed by atoms with Crippen LogP contribution < -0.4 is 11.1 Å². The SMILES string of the molecule is NCC(O)C(CCc1ccccc1)C(=O)NC(c1ccccc1)C(O)(c1cccnc1)c1cccnc1. The van der Waals surface area contributed by atoms with Gasteiger partial charge in [-0.3, -0.25) is 14.8 Å². The smallest absolute Gasteiger partial charge is 0.226 e. The molecule has 7 nitrogen and oxygen atoms in total. The molecule has 2 aromatic heterocycles. The summed E-state index contributed by atoms with van der Waals surface area (Å²) in [5.41, 5.74) is 6.84. The highest BCUT2D eigenvalue weighted by atomic mass is 16.3. The first-order chi connectivity index (χ1) is 18.0. The summed E-state index contributed by atoms with van der Waals surface area (Å²) in [7, 11) is 0. The van der Waals surface area contributed by atoms with Crippen LogP contribution >= 0.6 is 0 Å². The number of nitrogens with zero attached hydrogens (tertiary/aromatic N) is 2. The van der Waals surface area contributed by atoms with Crippen molar-refractivity contribution >= 4 is 5.91 Å². The summed E-state index contributed by atoms with van der Waals surface area (Å²) in [5.74, 6) is -1.17. The van der Waals surface area contributed by atoms with E-state index >= 15 is 0 Å². The first-order valence-electron chi connectivity index (χ1n) is 12.3. The van der Waals surface area contributed by atoms with E-state index in [1.54, 1.807) is 49.1 Å². The van der Waals surface area contributed by atoms with Crippen LogP contribution in [0.15, 0.2) is 110 Å². The third kappa shape index (κ3) is 6.09. The molecule has 0 spiro atoms. The number of rotatable bonds is 11. The lowest BCUT2D eigenvalue weighted by Gasteiger charge is -2.38. The second-order valence-electron chi connectivity index (χ2n) is 9.04. The number of hydrogen-bond donors (Lipinski definition) is 4. The molecule has 0 fully saturated rings. The predicted octanol–water partition coefficient (Wildman–Crippen LogP) is 3.14. The van der Waals surface area contributed by atoms with E-state index in [0.29, 0.717) is 29.5 Å². The predicted molar refractivity (Wildman–Crippen MR) is 142 cm³/mol. The molecule has 0 aliphatic rings. The van der Waals surface area contributed by atoms with Crippen molar-refractivity contribution in [2.75, 3.05) is 6.54 Å². The van der Waals surface area contributed by atoms with Gasteiger partial charge >= 0.3 is 0 Å². The second kappa shape index (κ2) is 12.4. The lowest BCUT2D eigenvalue weighted by atomic mass is 9.78. The van der Waals surface area contributed by atoms with Gasteiger partial charge in [0.15, 0.2) is 0 Å². The van der Waals surface area contributed by atoms with E-state index in [-0.39, 0.29) is 6.54 Å². The van der Waals surface area contributed by atoms with Crippen LogP contribution in [0, 0.1) is 5.92 Å². The zero-order valence-electron chi connectivity index (χ0n) is 20.5. The number of aromatic nitrogens is 2. The molecular weight excluding hydrogens is 464 g/mol. The first kappa shape index (κ1) is 26.2. The number of carbonyl (C=O) groups is 1. The highest BCUT2D eigenvalue weighted by Crippen LogP contribution is 2.41. The summed E-state index contributed by atoms with van der Waals surface area (Å²) in [6, 6.07) is 25.2. The lowest BCUT2D eigenvalue weighted by molar-refractivity contribution is -0.131. The van der Waals surface area contributed by atoms with Crippen LogP contribution in [0.1, 0.15) is 34.7 Å². The number of aryl methyl sites for hydroxylation is 1. The van der Waals surface area contributed by atoms with Gasteiger partial charge in [-0.2, -0.15) is 0 Å². The van der Waals surface area contributed by atoms with Gasteiger partial charge in [-0.05, 0) is 36.1 Å². The molecule has 0 aliphatic heterocycles. The van der Waals surface area contributed by atoms with Crippen molar-refractivity contribution in [3.63, 3.8) is 0 Å². The molecule has 2 heterocycles. The van der Waals surface area contributed by atoms with E-state index in [1.165, 1.54) is 0 Å². The fourth-order valence-corrected chi connectivity index (χ4v) is 4.63. The Morgan fingerprint density at radius 2 is 1.43 bits per heavy atom. The molecule has 190 valence electrons. The summed E-state index contributed by atoms with van der Waals surface area (Å²) in [6.45, 7) is -0.0572. The Bertz CT molecular complexity index is 1200. The molecule has 0 aliphatic carbocycles. The summed E-state index contributed by atoms with van der Waals surface area (Å²) < 4.78 is 0. The molecule has 3 atom stereocenters. The van der Waals surface area contributed by atoms with Crippen molar-refractivity contribution < 1.29 is 15.0 Å². The molecule has 4 rings (SSSR count). The Hall–Kier alpha value is -3.91. The number of benzene rings is 2.